The average Bonchev–Trinajstić information content (AvgIpc) is 2.59. The van der Waals surface area contributed by atoms with Crippen molar-refractivity contribution >= 4 is 14.3 Å². The smallest absolute Gasteiger partial charge is 0.303 e. The molecular formula is C14H26F2O3Si. The van der Waals surface area contributed by atoms with Gasteiger partial charge in [-0.1, -0.05) is 20.8 Å². The molecule has 2 atom stereocenters. The Morgan fingerprint density at radius 1 is 1.30 bits per heavy atom. The number of rotatable bonds is 5. The van der Waals surface area contributed by atoms with Crippen molar-refractivity contribution in [2.24, 2.45) is 5.92 Å². The fourth-order valence-corrected chi connectivity index (χ4v) is 3.19. The van der Waals surface area contributed by atoms with Gasteiger partial charge >= 0.3 is 5.97 Å². The minimum atomic E-state index is -2.95. The van der Waals surface area contributed by atoms with Crippen molar-refractivity contribution < 1.29 is 22.7 Å². The molecule has 1 aliphatic carbocycles. The summed E-state index contributed by atoms with van der Waals surface area (Å²) in [4.78, 5) is 10.9. The van der Waals surface area contributed by atoms with E-state index >= 15 is 0 Å². The molecule has 0 N–H and O–H groups in total. The van der Waals surface area contributed by atoms with Gasteiger partial charge in [-0.15, -0.1) is 0 Å². The van der Waals surface area contributed by atoms with E-state index in [1.54, 1.807) is 0 Å². The fraction of sp³-hybridized carbons (Fsp3) is 0.929. The summed E-state index contributed by atoms with van der Waals surface area (Å²) in [5, 5.41) is 0.0538. The maximum atomic E-state index is 13.7. The van der Waals surface area contributed by atoms with Gasteiger partial charge in [-0.2, -0.15) is 0 Å². The summed E-state index contributed by atoms with van der Waals surface area (Å²) in [6.07, 6.45) is 0.212. The van der Waals surface area contributed by atoms with Gasteiger partial charge in [0.25, 0.3) is 5.92 Å². The maximum Gasteiger partial charge on any atom is 0.303 e. The first-order valence-electron chi connectivity index (χ1n) is 6.97. The number of ether oxygens (including phenoxy) is 1. The Hall–Kier alpha value is -0.493. The Bertz CT molecular complexity index is 390. The normalized spacial score (nSPS) is 29.1. The van der Waals surface area contributed by atoms with Crippen LogP contribution in [0.25, 0.3) is 0 Å². The summed E-state index contributed by atoms with van der Waals surface area (Å²) in [5.74, 6) is -4.56. The number of carbonyl (C=O) groups is 1. The molecule has 0 saturated heterocycles. The van der Waals surface area contributed by atoms with Gasteiger partial charge in [-0.25, -0.2) is 8.78 Å². The van der Waals surface area contributed by atoms with Crippen molar-refractivity contribution in [3.63, 3.8) is 0 Å². The summed E-state index contributed by atoms with van der Waals surface area (Å²) in [6, 6.07) is 0. The van der Waals surface area contributed by atoms with Crippen LogP contribution >= 0.6 is 0 Å². The number of hydrogen-bond acceptors (Lipinski definition) is 3. The standard InChI is InChI=1S/C14H26F2O3Si/c1-10(17)19-13(5)11(14(13,15)16)8-9-18-20(6,7)12(2,3)4/h11H,8-9H2,1-7H3/t11-,13-/m1/s1. The first kappa shape index (κ1) is 17.6. The lowest BCUT2D eigenvalue weighted by Gasteiger charge is -2.36. The van der Waals surface area contributed by atoms with Crippen molar-refractivity contribution in [3.05, 3.63) is 0 Å². The zero-order chi connectivity index (χ0) is 16.0. The molecule has 0 spiro atoms. The highest BCUT2D eigenvalue weighted by atomic mass is 28.4. The molecule has 0 aliphatic heterocycles. The third-order valence-electron chi connectivity index (χ3n) is 4.71. The Morgan fingerprint density at radius 3 is 2.20 bits per heavy atom. The quantitative estimate of drug-likeness (QED) is 0.569. The van der Waals surface area contributed by atoms with E-state index in [2.05, 4.69) is 33.9 Å². The lowest BCUT2D eigenvalue weighted by Crippen LogP contribution is -2.41. The molecule has 0 aromatic carbocycles. The van der Waals surface area contributed by atoms with Crippen LogP contribution < -0.4 is 0 Å². The molecule has 0 unspecified atom stereocenters. The van der Waals surface area contributed by atoms with E-state index < -0.39 is 31.7 Å². The molecule has 1 saturated carbocycles. The minimum Gasteiger partial charge on any atom is -0.453 e. The summed E-state index contributed by atoms with van der Waals surface area (Å²) in [5.41, 5.74) is -1.66. The van der Waals surface area contributed by atoms with Crippen molar-refractivity contribution in [2.45, 2.75) is 70.7 Å². The van der Waals surface area contributed by atoms with Gasteiger partial charge in [-0.3, -0.25) is 4.79 Å². The van der Waals surface area contributed by atoms with Crippen LogP contribution in [0, 0.1) is 5.92 Å². The summed E-state index contributed by atoms with van der Waals surface area (Å²) in [6.45, 7) is 13.2. The lowest BCUT2D eigenvalue weighted by molar-refractivity contribution is -0.153. The van der Waals surface area contributed by atoms with Crippen molar-refractivity contribution in [2.75, 3.05) is 6.61 Å². The Morgan fingerprint density at radius 2 is 1.80 bits per heavy atom. The average molecular weight is 308 g/mol. The topological polar surface area (TPSA) is 35.5 Å². The Kier molecular flexibility index (Phi) is 4.44. The molecule has 0 heterocycles. The second-order valence-corrected chi connectivity index (χ2v) is 12.1. The minimum absolute atomic E-state index is 0.0538. The number of hydrogen-bond donors (Lipinski definition) is 0. The third-order valence-corrected chi connectivity index (χ3v) is 9.25. The van der Waals surface area contributed by atoms with E-state index in [1.165, 1.54) is 6.92 Å². The van der Waals surface area contributed by atoms with Crippen molar-refractivity contribution in [1.29, 1.82) is 0 Å². The van der Waals surface area contributed by atoms with Crippen molar-refractivity contribution in [1.82, 2.24) is 0 Å². The molecule has 6 heteroatoms. The zero-order valence-corrected chi connectivity index (χ0v) is 14.5. The van der Waals surface area contributed by atoms with E-state index in [0.29, 0.717) is 0 Å². The molecule has 118 valence electrons. The van der Waals surface area contributed by atoms with Gasteiger partial charge in [0, 0.05) is 13.5 Å². The van der Waals surface area contributed by atoms with Crippen LogP contribution in [0.2, 0.25) is 18.1 Å². The zero-order valence-electron chi connectivity index (χ0n) is 13.5. The summed E-state index contributed by atoms with van der Waals surface area (Å²) < 4.78 is 38.2. The van der Waals surface area contributed by atoms with Crippen LogP contribution in [0.1, 0.15) is 41.0 Å². The van der Waals surface area contributed by atoms with Gasteiger partial charge < -0.3 is 9.16 Å². The second-order valence-electron chi connectivity index (χ2n) is 7.27. The van der Waals surface area contributed by atoms with Gasteiger partial charge in [0.05, 0.1) is 5.92 Å². The van der Waals surface area contributed by atoms with Gasteiger partial charge in [-0.05, 0) is 31.5 Å². The molecule has 0 radical (unpaired) electrons. The van der Waals surface area contributed by atoms with Crippen LogP contribution in [-0.2, 0) is 14.0 Å². The third kappa shape index (κ3) is 3.06. The number of carbonyl (C=O) groups excluding carboxylic acids is 1. The van der Waals surface area contributed by atoms with E-state index in [9.17, 15) is 13.6 Å². The highest BCUT2D eigenvalue weighted by Gasteiger charge is 2.80. The van der Waals surface area contributed by atoms with Crippen molar-refractivity contribution in [3.8, 4) is 0 Å². The Labute approximate surface area is 121 Å². The highest BCUT2D eigenvalue weighted by molar-refractivity contribution is 6.74. The largest absolute Gasteiger partial charge is 0.453 e. The van der Waals surface area contributed by atoms with E-state index in [4.69, 9.17) is 9.16 Å². The first-order chi connectivity index (χ1) is 8.76. The van der Waals surface area contributed by atoms with Gasteiger partial charge in [0.1, 0.15) is 0 Å². The predicted molar refractivity (Wildman–Crippen MR) is 76.4 cm³/mol. The number of halogens is 2. The molecule has 1 aliphatic rings. The van der Waals surface area contributed by atoms with Crippen LogP contribution in [0.5, 0.6) is 0 Å². The molecule has 1 fully saturated rings. The fourth-order valence-electron chi connectivity index (χ4n) is 2.13. The highest BCUT2D eigenvalue weighted by Crippen LogP contribution is 2.62. The lowest BCUT2D eigenvalue weighted by atomic mass is 10.2. The van der Waals surface area contributed by atoms with E-state index in [-0.39, 0.29) is 18.1 Å². The monoisotopic (exact) mass is 308 g/mol. The summed E-state index contributed by atoms with van der Waals surface area (Å²) in [7, 11) is -1.92. The molecule has 0 amide bonds. The number of alkyl halides is 2. The molecule has 1 rings (SSSR count). The van der Waals surface area contributed by atoms with Crippen LogP contribution in [0.15, 0.2) is 0 Å². The molecule has 20 heavy (non-hydrogen) atoms. The SMILES string of the molecule is CC(=O)O[C@]1(C)[C@@H](CCO[Si](C)(C)C(C)(C)C)C1(F)F. The van der Waals surface area contributed by atoms with Crippen LogP contribution in [0.3, 0.4) is 0 Å². The number of esters is 1. The van der Waals surface area contributed by atoms with Crippen LogP contribution in [0.4, 0.5) is 8.78 Å². The Balaban J connectivity index is 2.54. The maximum absolute atomic E-state index is 13.7. The van der Waals surface area contributed by atoms with Gasteiger partial charge in [0.15, 0.2) is 13.9 Å². The molecular weight excluding hydrogens is 282 g/mol. The molecule has 0 bridgehead atoms. The predicted octanol–water partition coefficient (Wildman–Crippen LogP) is 3.99. The molecule has 0 aromatic rings. The molecule has 3 nitrogen and oxygen atoms in total. The van der Waals surface area contributed by atoms with Crippen LogP contribution in [-0.4, -0.2) is 32.4 Å². The van der Waals surface area contributed by atoms with Gasteiger partial charge in [0.2, 0.25) is 0 Å². The summed E-state index contributed by atoms with van der Waals surface area (Å²) >= 11 is 0. The van der Waals surface area contributed by atoms with E-state index in [0.717, 1.165) is 6.92 Å². The second kappa shape index (κ2) is 5.05. The van der Waals surface area contributed by atoms with E-state index in [1.807, 2.05) is 0 Å². The molecule has 0 aromatic heterocycles. The first-order valence-corrected chi connectivity index (χ1v) is 9.88.